The number of aliphatic hydroxyl groups is 1. The van der Waals surface area contributed by atoms with Gasteiger partial charge in [-0.3, -0.25) is 4.79 Å². The molecule has 1 aromatic carbocycles. The molecule has 2 fully saturated rings. The minimum absolute atomic E-state index is 0.442. The molecule has 2 N–H and O–H groups in total. The van der Waals surface area contributed by atoms with E-state index in [0.717, 1.165) is 34.7 Å². The molecule has 2 aliphatic heterocycles. The van der Waals surface area contributed by atoms with Crippen molar-refractivity contribution in [3.8, 4) is 0 Å². The fraction of sp³-hybridized carbons (Fsp3) is 0.520. The smallest absolute Gasteiger partial charge is 0.214 e. The first-order chi connectivity index (χ1) is 15.6. The summed E-state index contributed by atoms with van der Waals surface area (Å²) >= 11 is 0. The number of anilines is 3. The maximum Gasteiger partial charge on any atom is 0.214 e. The highest BCUT2D eigenvalue weighted by Crippen LogP contribution is 2.39. The molecule has 0 atom stereocenters. The number of fused-ring (bicyclic) bond motifs is 2. The number of amides is 1. The lowest BCUT2D eigenvalue weighted by atomic mass is 9.86. The third-order valence-electron chi connectivity index (χ3n) is 6.66. The van der Waals surface area contributed by atoms with E-state index in [1.807, 2.05) is 37.4 Å². The van der Waals surface area contributed by atoms with Gasteiger partial charge in [0.2, 0.25) is 6.41 Å². The van der Waals surface area contributed by atoms with Crippen LogP contribution in [0.15, 0.2) is 36.5 Å². The fourth-order valence-electron chi connectivity index (χ4n) is 4.63. The molecule has 3 aliphatic rings. The van der Waals surface area contributed by atoms with Crippen molar-refractivity contribution in [3.63, 3.8) is 0 Å². The first-order valence-corrected chi connectivity index (χ1v) is 11.5. The summed E-state index contributed by atoms with van der Waals surface area (Å²) in [5.74, 6) is 0.751. The van der Waals surface area contributed by atoms with Gasteiger partial charge in [-0.2, -0.15) is 0 Å². The topological polar surface area (TPSA) is 83.9 Å². The Labute approximate surface area is 189 Å². The first-order valence-electron chi connectivity index (χ1n) is 11.5. The second-order valence-corrected chi connectivity index (χ2v) is 8.74. The monoisotopic (exact) mass is 439 g/mol. The van der Waals surface area contributed by atoms with Crippen LogP contribution in [0.4, 0.5) is 17.2 Å². The molecule has 0 radical (unpaired) electrons. The Morgan fingerprint density at radius 2 is 2.00 bits per heavy atom. The van der Waals surface area contributed by atoms with Gasteiger partial charge in [-0.15, -0.1) is 0 Å². The molecular weight excluding hydrogens is 406 g/mol. The summed E-state index contributed by atoms with van der Waals surface area (Å²) in [5.41, 5.74) is 2.42. The Morgan fingerprint density at radius 3 is 2.69 bits per heavy atom. The van der Waals surface area contributed by atoms with Crippen LogP contribution in [0, 0.1) is 0 Å². The summed E-state index contributed by atoms with van der Waals surface area (Å²) < 4.78 is 10.5. The van der Waals surface area contributed by atoms with Gasteiger partial charge in [0.05, 0.1) is 29.6 Å². The van der Waals surface area contributed by atoms with E-state index in [4.69, 9.17) is 9.47 Å². The normalized spacial score (nSPS) is 20.0. The number of benzene rings is 1. The van der Waals surface area contributed by atoms with Crippen molar-refractivity contribution < 1.29 is 19.4 Å². The summed E-state index contributed by atoms with van der Waals surface area (Å²) in [5, 5.41) is 14.2. The second-order valence-electron chi connectivity index (χ2n) is 8.74. The van der Waals surface area contributed by atoms with Crippen LogP contribution in [0.25, 0.3) is 0 Å². The highest BCUT2D eigenvalue weighted by atomic mass is 16.5. The molecule has 172 valence electrons. The van der Waals surface area contributed by atoms with E-state index >= 15 is 0 Å². The predicted molar refractivity (Wildman–Crippen MR) is 124 cm³/mol. The number of nitrogens with one attached hydrogen (secondary N) is 1. The van der Waals surface area contributed by atoms with Crippen molar-refractivity contribution in [2.24, 2.45) is 0 Å². The molecule has 5 rings (SSSR count). The van der Waals surface area contributed by atoms with Crippen LogP contribution in [-0.4, -0.2) is 42.9 Å². The van der Waals surface area contributed by atoms with Gasteiger partial charge in [0.25, 0.3) is 0 Å². The van der Waals surface area contributed by atoms with E-state index in [1.165, 1.54) is 32.1 Å². The van der Waals surface area contributed by atoms with Crippen LogP contribution in [0.1, 0.15) is 56.1 Å². The van der Waals surface area contributed by atoms with Crippen molar-refractivity contribution in [1.29, 1.82) is 0 Å². The molecule has 1 amide bonds. The number of hydrogen-bond acceptors (Lipinski definition) is 6. The van der Waals surface area contributed by atoms with E-state index in [-0.39, 0.29) is 0 Å². The van der Waals surface area contributed by atoms with Gasteiger partial charge in [-0.05, 0) is 36.6 Å². The SMILES string of the molecule is COC1CCCCC1.O=CN1Cc2cccnc2Nc2ccc(C3(O)CCOCC3)cc21. The average Bonchev–Trinajstić information content (AvgIpc) is 3.01. The molecule has 7 heteroatoms. The minimum Gasteiger partial charge on any atom is -0.385 e. The number of pyridine rings is 1. The lowest BCUT2D eigenvalue weighted by molar-refractivity contribution is -0.107. The Morgan fingerprint density at radius 1 is 1.22 bits per heavy atom. The Kier molecular flexibility index (Phi) is 7.40. The van der Waals surface area contributed by atoms with Crippen LogP contribution >= 0.6 is 0 Å². The third-order valence-corrected chi connectivity index (χ3v) is 6.66. The van der Waals surface area contributed by atoms with Gasteiger partial charge in [0, 0.05) is 44.9 Å². The number of nitrogens with zero attached hydrogens (tertiary/aromatic N) is 2. The van der Waals surface area contributed by atoms with Gasteiger partial charge >= 0.3 is 0 Å². The Bertz CT molecular complexity index is 908. The van der Waals surface area contributed by atoms with Crippen LogP contribution < -0.4 is 10.2 Å². The van der Waals surface area contributed by atoms with Crippen LogP contribution in [0.3, 0.4) is 0 Å². The van der Waals surface area contributed by atoms with Crippen LogP contribution in [0.2, 0.25) is 0 Å². The van der Waals surface area contributed by atoms with E-state index in [1.54, 1.807) is 11.1 Å². The van der Waals surface area contributed by atoms with Crippen molar-refractivity contribution in [1.82, 2.24) is 4.98 Å². The maximum atomic E-state index is 11.6. The first kappa shape index (κ1) is 22.7. The largest absolute Gasteiger partial charge is 0.385 e. The lowest BCUT2D eigenvalue weighted by Crippen LogP contribution is -2.33. The molecule has 1 saturated heterocycles. The van der Waals surface area contributed by atoms with Crippen molar-refractivity contribution in [2.45, 2.75) is 63.2 Å². The van der Waals surface area contributed by atoms with Crippen LogP contribution in [-0.2, 0) is 26.4 Å². The van der Waals surface area contributed by atoms with Crippen molar-refractivity contribution in [2.75, 3.05) is 30.5 Å². The highest BCUT2D eigenvalue weighted by molar-refractivity contribution is 5.87. The van der Waals surface area contributed by atoms with Gasteiger partial charge in [0.15, 0.2) is 0 Å². The standard InChI is InChI=1S/C18H19N3O3.C7H14O/c22-12-21-11-13-2-1-7-19-17(13)20-15-4-3-14(10-16(15)21)18(23)5-8-24-9-6-18;1-8-7-5-3-2-4-6-7/h1-4,7,10,12,23H,5-6,8-9,11H2,(H,19,20);7H,2-6H2,1H3. The molecule has 2 aromatic rings. The number of carbonyl (C=O) groups excluding carboxylic acids is 1. The summed E-state index contributed by atoms with van der Waals surface area (Å²) in [4.78, 5) is 17.6. The average molecular weight is 440 g/mol. The Balaban J connectivity index is 0.000000260. The zero-order valence-corrected chi connectivity index (χ0v) is 18.8. The van der Waals surface area contributed by atoms with Gasteiger partial charge in [0.1, 0.15) is 5.82 Å². The minimum atomic E-state index is -0.904. The zero-order chi connectivity index (χ0) is 22.4. The number of hydrogen-bond donors (Lipinski definition) is 2. The van der Waals surface area contributed by atoms with E-state index in [0.29, 0.717) is 38.7 Å². The molecule has 0 bridgehead atoms. The summed E-state index contributed by atoms with van der Waals surface area (Å²) in [6.07, 6.45) is 11.0. The number of rotatable bonds is 3. The highest BCUT2D eigenvalue weighted by Gasteiger charge is 2.33. The second kappa shape index (κ2) is 10.4. The van der Waals surface area contributed by atoms with Gasteiger partial charge in [-0.25, -0.2) is 4.98 Å². The lowest BCUT2D eigenvalue weighted by Gasteiger charge is -2.33. The van der Waals surface area contributed by atoms with Crippen molar-refractivity contribution in [3.05, 3.63) is 47.7 Å². The molecule has 1 saturated carbocycles. The Hall–Kier alpha value is -2.48. The third kappa shape index (κ3) is 5.11. The summed E-state index contributed by atoms with van der Waals surface area (Å²) in [7, 11) is 1.82. The van der Waals surface area contributed by atoms with Gasteiger partial charge in [-0.1, -0.05) is 31.4 Å². The zero-order valence-electron chi connectivity index (χ0n) is 18.8. The fourth-order valence-corrected chi connectivity index (χ4v) is 4.63. The molecular formula is C25H33N3O4. The number of aromatic nitrogens is 1. The molecule has 0 unspecified atom stereocenters. The van der Waals surface area contributed by atoms with E-state index in [9.17, 15) is 9.90 Å². The quantitative estimate of drug-likeness (QED) is 0.695. The van der Waals surface area contributed by atoms with Crippen molar-refractivity contribution >= 4 is 23.6 Å². The molecule has 1 aromatic heterocycles. The number of methoxy groups -OCH3 is 1. The predicted octanol–water partition coefficient (Wildman–Crippen LogP) is 4.27. The van der Waals surface area contributed by atoms with Gasteiger partial charge < -0.3 is 24.8 Å². The number of ether oxygens (including phenoxy) is 2. The number of carbonyl (C=O) groups is 1. The molecule has 3 heterocycles. The molecule has 0 spiro atoms. The molecule has 32 heavy (non-hydrogen) atoms. The summed E-state index contributed by atoms with van der Waals surface area (Å²) in [6, 6.07) is 9.51. The maximum absolute atomic E-state index is 11.6. The van der Waals surface area contributed by atoms with E-state index < -0.39 is 5.60 Å². The van der Waals surface area contributed by atoms with Crippen LogP contribution in [0.5, 0.6) is 0 Å². The molecule has 1 aliphatic carbocycles. The summed E-state index contributed by atoms with van der Waals surface area (Å²) in [6.45, 7) is 1.52. The molecule has 7 nitrogen and oxygen atoms in total. The van der Waals surface area contributed by atoms with E-state index in [2.05, 4.69) is 10.3 Å².